The first-order valence-corrected chi connectivity index (χ1v) is 13.8. The molecule has 2 aromatic carbocycles. The highest BCUT2D eigenvalue weighted by Gasteiger charge is 2.49. The summed E-state index contributed by atoms with van der Waals surface area (Å²) in [4.78, 5) is 13.1. The van der Waals surface area contributed by atoms with Gasteiger partial charge in [0.05, 0.1) is 36.8 Å². The second-order valence-electron chi connectivity index (χ2n) is 9.87. The number of carbonyl (C=O) groups is 1. The molecule has 1 amide bonds. The van der Waals surface area contributed by atoms with Crippen molar-refractivity contribution in [2.24, 2.45) is 0 Å². The third-order valence-electron chi connectivity index (χ3n) is 7.32. The zero-order valence-electron chi connectivity index (χ0n) is 20.7. The summed E-state index contributed by atoms with van der Waals surface area (Å²) in [6.07, 6.45) is -1.45. The van der Waals surface area contributed by atoms with Crippen molar-refractivity contribution in [3.63, 3.8) is 0 Å². The Morgan fingerprint density at radius 3 is 2.51 bits per heavy atom. The smallest absolute Gasteiger partial charge is 0.219 e. The lowest BCUT2D eigenvalue weighted by Crippen LogP contribution is -2.63. The number of nitrogens with one attached hydrogen (secondary N) is 1. The topological polar surface area (TPSA) is 116 Å². The van der Waals surface area contributed by atoms with E-state index in [1.54, 1.807) is 37.3 Å². The van der Waals surface area contributed by atoms with Crippen molar-refractivity contribution in [2.45, 2.75) is 48.5 Å². The number of carbonyl (C=O) groups excluding carboxylic acids is 1. The Kier molecular flexibility index (Phi) is 8.01. The normalized spacial score (nSPS) is 25.4. The third kappa shape index (κ3) is 5.42. The van der Waals surface area contributed by atoms with Gasteiger partial charge in [-0.15, -0.1) is 0 Å². The van der Waals surface area contributed by atoms with Gasteiger partial charge in [-0.25, -0.2) is 17.2 Å². The van der Waals surface area contributed by atoms with Gasteiger partial charge in [0.2, 0.25) is 5.91 Å². The average molecular weight is 539 g/mol. The number of benzene rings is 2. The van der Waals surface area contributed by atoms with Gasteiger partial charge in [-0.2, -0.15) is 0 Å². The molecule has 4 rings (SSSR count). The number of aliphatic hydroxyl groups excluding tert-OH is 2. The molecular weight excluding hydrogens is 506 g/mol. The molecule has 2 aliphatic heterocycles. The lowest BCUT2D eigenvalue weighted by molar-refractivity contribution is -0.181. The Labute approximate surface area is 215 Å². The fourth-order valence-corrected chi connectivity index (χ4v) is 7.42. The summed E-state index contributed by atoms with van der Waals surface area (Å²) in [7, 11) is -3.74. The molecule has 11 heteroatoms. The van der Waals surface area contributed by atoms with Crippen molar-refractivity contribution >= 4 is 15.7 Å². The quantitative estimate of drug-likeness (QED) is 0.466. The van der Waals surface area contributed by atoms with Crippen LogP contribution in [0.15, 0.2) is 42.5 Å². The Hall–Kier alpha value is -2.44. The Morgan fingerprint density at radius 2 is 1.89 bits per heavy atom. The molecule has 37 heavy (non-hydrogen) atoms. The summed E-state index contributed by atoms with van der Waals surface area (Å²) in [6.45, 7) is 2.27. The molecule has 2 fully saturated rings. The van der Waals surface area contributed by atoms with Crippen LogP contribution < -0.4 is 5.32 Å². The number of hydrogen-bond donors (Lipinski definition) is 3. The second kappa shape index (κ2) is 10.7. The minimum Gasteiger partial charge on any atom is -0.394 e. The molecule has 0 saturated carbocycles. The molecule has 2 saturated heterocycles. The van der Waals surface area contributed by atoms with Crippen LogP contribution in [-0.4, -0.2) is 79.7 Å². The predicted octanol–water partition coefficient (Wildman–Crippen LogP) is 1.45. The largest absolute Gasteiger partial charge is 0.394 e. The molecule has 202 valence electrons. The molecule has 2 heterocycles. The van der Waals surface area contributed by atoms with Gasteiger partial charge in [0.1, 0.15) is 23.3 Å². The number of ether oxygens (including phenoxy) is 1. The minimum atomic E-state index is -3.74. The number of nitrogens with zero attached hydrogens (tertiary/aromatic N) is 1. The van der Waals surface area contributed by atoms with Gasteiger partial charge < -0.3 is 25.2 Å². The highest BCUT2D eigenvalue weighted by Crippen LogP contribution is 2.39. The summed E-state index contributed by atoms with van der Waals surface area (Å²) in [6, 6.07) is 10.3. The fraction of sp³-hybridized carbons (Fsp3) is 0.500. The van der Waals surface area contributed by atoms with Crippen molar-refractivity contribution in [1.29, 1.82) is 0 Å². The molecule has 8 nitrogen and oxygen atoms in total. The van der Waals surface area contributed by atoms with Gasteiger partial charge in [-0.05, 0) is 36.6 Å². The van der Waals surface area contributed by atoms with Crippen molar-refractivity contribution < 1.29 is 36.9 Å². The zero-order valence-corrected chi connectivity index (χ0v) is 21.5. The minimum absolute atomic E-state index is 0.0487. The summed E-state index contributed by atoms with van der Waals surface area (Å²) < 4.78 is 63.6. The van der Waals surface area contributed by atoms with Crippen LogP contribution in [0.1, 0.15) is 35.8 Å². The second-order valence-corrected chi connectivity index (χ2v) is 12.2. The molecule has 0 spiro atoms. The van der Waals surface area contributed by atoms with E-state index in [0.29, 0.717) is 5.56 Å². The zero-order chi connectivity index (χ0) is 27.0. The lowest BCUT2D eigenvalue weighted by atomic mass is 9.84. The number of rotatable bonds is 8. The molecule has 0 aliphatic carbocycles. The van der Waals surface area contributed by atoms with Crippen LogP contribution in [0.5, 0.6) is 0 Å². The van der Waals surface area contributed by atoms with Gasteiger partial charge >= 0.3 is 0 Å². The van der Waals surface area contributed by atoms with E-state index < -0.39 is 56.3 Å². The van der Waals surface area contributed by atoms with Gasteiger partial charge in [0.25, 0.3) is 0 Å². The molecule has 0 radical (unpaired) electrons. The third-order valence-corrected chi connectivity index (χ3v) is 9.97. The number of halogens is 2. The number of sulfone groups is 1. The maximum Gasteiger partial charge on any atom is 0.219 e. The number of hydrogen-bond acceptors (Lipinski definition) is 7. The molecular formula is C26H32F2N2O6S. The molecule has 0 aromatic heterocycles. The lowest BCUT2D eigenvalue weighted by Gasteiger charge is -2.50. The average Bonchev–Trinajstić information content (AvgIpc) is 2.83. The van der Waals surface area contributed by atoms with Crippen molar-refractivity contribution in [3.8, 4) is 0 Å². The van der Waals surface area contributed by atoms with E-state index in [2.05, 4.69) is 5.32 Å². The van der Waals surface area contributed by atoms with Gasteiger partial charge in [0, 0.05) is 25.1 Å². The highest BCUT2D eigenvalue weighted by molar-refractivity contribution is 7.92. The van der Waals surface area contributed by atoms with Crippen LogP contribution in [0.2, 0.25) is 0 Å². The number of aliphatic hydroxyl groups is 2. The van der Waals surface area contributed by atoms with Crippen LogP contribution in [-0.2, 0) is 31.4 Å². The maximum absolute atomic E-state index is 15.4. The Bertz CT molecular complexity index is 1240. The van der Waals surface area contributed by atoms with Gasteiger partial charge in [-0.1, -0.05) is 30.3 Å². The molecule has 2 aliphatic rings. The molecule has 2 aromatic rings. The van der Waals surface area contributed by atoms with E-state index in [4.69, 9.17) is 9.84 Å². The van der Waals surface area contributed by atoms with Crippen molar-refractivity contribution in [3.05, 3.63) is 70.8 Å². The van der Waals surface area contributed by atoms with Crippen molar-refractivity contribution in [1.82, 2.24) is 10.2 Å². The summed E-state index contributed by atoms with van der Waals surface area (Å²) in [5, 5.41) is 20.2. The van der Waals surface area contributed by atoms with E-state index in [1.807, 2.05) is 0 Å². The van der Waals surface area contributed by atoms with E-state index in [9.17, 15) is 18.3 Å². The number of likely N-dealkylation sites (tertiary alicyclic amines) is 1. The van der Waals surface area contributed by atoms with Gasteiger partial charge in [-0.3, -0.25) is 4.79 Å². The van der Waals surface area contributed by atoms with Crippen LogP contribution >= 0.6 is 0 Å². The van der Waals surface area contributed by atoms with Crippen molar-refractivity contribution in [2.75, 3.05) is 32.8 Å². The van der Waals surface area contributed by atoms with E-state index in [-0.39, 0.29) is 49.7 Å². The molecule has 0 bridgehead atoms. The van der Waals surface area contributed by atoms with Crippen LogP contribution in [0.4, 0.5) is 8.78 Å². The van der Waals surface area contributed by atoms with Crippen LogP contribution in [0.25, 0.3) is 0 Å². The SMILES string of the molecule is CC(=O)N1CC(OCC(O)CO)(c2cc(F)c(CC3[C@H](C)NC[C@@H](c4ccccc4)S3(=O)=O)cc2F)C1. The first-order valence-electron chi connectivity index (χ1n) is 12.2. The first-order chi connectivity index (χ1) is 17.5. The van der Waals surface area contributed by atoms with E-state index >= 15 is 8.78 Å². The van der Waals surface area contributed by atoms with E-state index in [0.717, 1.165) is 12.1 Å². The summed E-state index contributed by atoms with van der Waals surface area (Å²) in [5.74, 6) is -1.85. The molecule has 4 atom stereocenters. The first kappa shape index (κ1) is 27.6. The summed E-state index contributed by atoms with van der Waals surface area (Å²) >= 11 is 0. The molecule has 2 unspecified atom stereocenters. The highest BCUT2D eigenvalue weighted by atomic mass is 32.2. The summed E-state index contributed by atoms with van der Waals surface area (Å²) in [5.41, 5.74) is -0.963. The predicted molar refractivity (Wildman–Crippen MR) is 132 cm³/mol. The molecule has 3 N–H and O–H groups in total. The van der Waals surface area contributed by atoms with E-state index in [1.165, 1.54) is 11.8 Å². The Morgan fingerprint density at radius 1 is 1.22 bits per heavy atom. The fourth-order valence-electron chi connectivity index (χ4n) is 5.06. The van der Waals surface area contributed by atoms with Crippen LogP contribution in [0.3, 0.4) is 0 Å². The standard InChI is InChI=1S/C26H32F2N2O6S/c1-16-24(37(34,35)25(11-29-16)18-6-4-3-5-7-18)9-19-8-23(28)21(10-22(19)27)26(36-13-20(33)12-31)14-30(15-26)17(2)32/h3-8,10,16,20,24-25,29,31,33H,9,11-15H2,1-2H3/t16-,20?,24?,25-/m0/s1. The Balaban J connectivity index is 1.62. The maximum atomic E-state index is 15.4. The van der Waals surface area contributed by atoms with Gasteiger partial charge in [0.15, 0.2) is 9.84 Å². The van der Waals surface area contributed by atoms with Crippen LogP contribution in [0, 0.1) is 11.6 Å². The number of amides is 1. The monoisotopic (exact) mass is 538 g/mol.